The Hall–Kier alpha value is -2.15. The second-order valence-electron chi connectivity index (χ2n) is 3.91. The predicted octanol–water partition coefficient (Wildman–Crippen LogP) is 1.46. The number of nitrogen functional groups attached to an aromatic ring is 1. The molecule has 7 heteroatoms. The number of hydrogen-bond acceptors (Lipinski definition) is 6. The molecule has 0 aliphatic carbocycles. The van der Waals surface area contributed by atoms with Crippen LogP contribution in [0.25, 0.3) is 0 Å². The summed E-state index contributed by atoms with van der Waals surface area (Å²) in [5, 5.41) is 6.81. The minimum absolute atomic E-state index is 0.460. The first-order valence-corrected chi connectivity index (χ1v) is 5.68. The summed E-state index contributed by atoms with van der Waals surface area (Å²) in [5.74, 6) is 7.58. The van der Waals surface area contributed by atoms with Crippen molar-refractivity contribution in [3.8, 4) is 11.8 Å². The monoisotopic (exact) mass is 248 g/mol. The summed E-state index contributed by atoms with van der Waals surface area (Å²) in [6.45, 7) is 5.70. The van der Waals surface area contributed by atoms with Crippen molar-refractivity contribution in [2.75, 3.05) is 5.43 Å². The number of nitrogens with zero attached hydrogens (tertiary/aromatic N) is 3. The van der Waals surface area contributed by atoms with E-state index >= 15 is 0 Å². The normalized spacial score (nSPS) is 10.4. The van der Waals surface area contributed by atoms with Crippen molar-refractivity contribution < 1.29 is 4.74 Å². The van der Waals surface area contributed by atoms with Crippen LogP contribution >= 0.6 is 0 Å². The lowest BCUT2D eigenvalue weighted by atomic mass is 10.3. The van der Waals surface area contributed by atoms with Crippen LogP contribution in [0.5, 0.6) is 11.8 Å². The molecule has 7 nitrogen and oxygen atoms in total. The van der Waals surface area contributed by atoms with Crippen LogP contribution in [0.1, 0.15) is 24.0 Å². The number of nitrogens with one attached hydrogen (secondary N) is 2. The molecular weight excluding hydrogens is 232 g/mol. The maximum absolute atomic E-state index is 5.63. The van der Waals surface area contributed by atoms with Gasteiger partial charge in [0.05, 0.1) is 5.56 Å². The summed E-state index contributed by atoms with van der Waals surface area (Å²) in [4.78, 5) is 8.58. The number of aromatic amines is 1. The fourth-order valence-corrected chi connectivity index (χ4v) is 1.48. The molecule has 0 atom stereocenters. The third-order valence-electron chi connectivity index (χ3n) is 2.48. The molecule has 0 unspecified atom stereocenters. The Bertz CT molecular complexity index is 550. The first kappa shape index (κ1) is 12.3. The highest BCUT2D eigenvalue weighted by Crippen LogP contribution is 2.25. The highest BCUT2D eigenvalue weighted by atomic mass is 16.5. The summed E-state index contributed by atoms with van der Waals surface area (Å²) in [7, 11) is 0. The summed E-state index contributed by atoms with van der Waals surface area (Å²) < 4.78 is 5.63. The molecule has 2 heterocycles. The van der Waals surface area contributed by atoms with Gasteiger partial charge in [0.15, 0.2) is 0 Å². The maximum atomic E-state index is 5.63. The molecule has 2 rings (SSSR count). The number of aromatic nitrogens is 4. The maximum Gasteiger partial charge on any atom is 0.240 e. The van der Waals surface area contributed by atoms with Crippen LogP contribution in [0.4, 0.5) is 5.82 Å². The van der Waals surface area contributed by atoms with Gasteiger partial charge in [-0.3, -0.25) is 5.10 Å². The molecule has 2 aromatic heterocycles. The third kappa shape index (κ3) is 2.40. The van der Waals surface area contributed by atoms with Crippen molar-refractivity contribution in [3.05, 3.63) is 23.1 Å². The second kappa shape index (κ2) is 5.01. The number of anilines is 1. The van der Waals surface area contributed by atoms with Crippen LogP contribution in [0.15, 0.2) is 6.07 Å². The number of ether oxygens (including phenoxy) is 1. The minimum Gasteiger partial charge on any atom is -0.419 e. The average molecular weight is 248 g/mol. The van der Waals surface area contributed by atoms with Crippen molar-refractivity contribution >= 4 is 5.82 Å². The number of hydrogen-bond donors (Lipinski definition) is 3. The smallest absolute Gasteiger partial charge is 0.240 e. The van der Waals surface area contributed by atoms with Gasteiger partial charge in [-0.05, 0) is 13.8 Å². The molecule has 0 amide bonds. The van der Waals surface area contributed by atoms with Gasteiger partial charge in [-0.25, -0.2) is 10.8 Å². The molecule has 0 radical (unpaired) electrons. The molecule has 0 spiro atoms. The van der Waals surface area contributed by atoms with Gasteiger partial charge in [-0.1, -0.05) is 6.92 Å². The van der Waals surface area contributed by atoms with E-state index in [4.69, 9.17) is 10.6 Å². The molecular formula is C11H16N6O. The van der Waals surface area contributed by atoms with Gasteiger partial charge in [0.2, 0.25) is 11.8 Å². The lowest BCUT2D eigenvalue weighted by Gasteiger charge is -2.10. The lowest BCUT2D eigenvalue weighted by Crippen LogP contribution is -2.13. The molecule has 96 valence electrons. The van der Waals surface area contributed by atoms with E-state index in [1.165, 1.54) is 0 Å². The Morgan fingerprint density at radius 3 is 2.72 bits per heavy atom. The fourth-order valence-electron chi connectivity index (χ4n) is 1.48. The Labute approximate surface area is 105 Å². The van der Waals surface area contributed by atoms with E-state index < -0.39 is 0 Å². The predicted molar refractivity (Wildman–Crippen MR) is 67.4 cm³/mol. The fraction of sp³-hybridized carbons (Fsp3) is 0.364. The number of aryl methyl sites for hydroxylation is 2. The molecule has 0 aliphatic rings. The van der Waals surface area contributed by atoms with Crippen LogP contribution in [0, 0.1) is 13.8 Å². The van der Waals surface area contributed by atoms with E-state index in [0.717, 1.165) is 11.3 Å². The molecule has 0 aliphatic heterocycles. The molecule has 2 aromatic rings. The summed E-state index contributed by atoms with van der Waals surface area (Å²) in [6.07, 6.45) is 0.699. The van der Waals surface area contributed by atoms with E-state index in [2.05, 4.69) is 25.6 Å². The SMILES string of the molecule is CCc1nc(NN)c(C)c(Oc2cc(C)[nH]n2)n1. The summed E-state index contributed by atoms with van der Waals surface area (Å²) >= 11 is 0. The molecule has 0 saturated heterocycles. The summed E-state index contributed by atoms with van der Waals surface area (Å²) in [5.41, 5.74) is 4.21. The van der Waals surface area contributed by atoms with E-state index in [1.807, 2.05) is 20.8 Å². The van der Waals surface area contributed by atoms with Crippen LogP contribution < -0.4 is 16.0 Å². The Balaban J connectivity index is 2.36. The third-order valence-corrected chi connectivity index (χ3v) is 2.48. The van der Waals surface area contributed by atoms with Gasteiger partial charge in [0, 0.05) is 18.2 Å². The molecule has 0 aromatic carbocycles. The number of H-pyrrole nitrogens is 1. The van der Waals surface area contributed by atoms with Gasteiger partial charge >= 0.3 is 0 Å². The number of rotatable bonds is 4. The first-order chi connectivity index (χ1) is 8.63. The standard InChI is InChI=1S/C11H16N6O/c1-4-8-13-10(15-12)7(3)11(14-8)18-9-5-6(2)16-17-9/h5H,4,12H2,1-3H3,(H,16,17)(H,13,14,15). The number of nitrogens with two attached hydrogens (primary N) is 1. The topological polar surface area (TPSA) is 102 Å². The van der Waals surface area contributed by atoms with Gasteiger partial charge in [-0.2, -0.15) is 4.98 Å². The zero-order valence-electron chi connectivity index (χ0n) is 10.6. The largest absolute Gasteiger partial charge is 0.419 e. The molecule has 0 fully saturated rings. The average Bonchev–Trinajstić information content (AvgIpc) is 2.77. The van der Waals surface area contributed by atoms with Crippen molar-refractivity contribution in [3.63, 3.8) is 0 Å². The highest BCUT2D eigenvalue weighted by molar-refractivity contribution is 5.48. The molecule has 18 heavy (non-hydrogen) atoms. The Morgan fingerprint density at radius 1 is 1.39 bits per heavy atom. The van der Waals surface area contributed by atoms with E-state index in [9.17, 15) is 0 Å². The van der Waals surface area contributed by atoms with E-state index in [-0.39, 0.29) is 0 Å². The van der Waals surface area contributed by atoms with Crippen molar-refractivity contribution in [2.45, 2.75) is 27.2 Å². The van der Waals surface area contributed by atoms with E-state index in [0.29, 0.717) is 29.8 Å². The molecule has 4 N–H and O–H groups in total. The van der Waals surface area contributed by atoms with Crippen molar-refractivity contribution in [1.29, 1.82) is 0 Å². The van der Waals surface area contributed by atoms with Crippen LogP contribution in [-0.2, 0) is 6.42 Å². The van der Waals surface area contributed by atoms with Crippen LogP contribution in [0.2, 0.25) is 0 Å². The summed E-state index contributed by atoms with van der Waals surface area (Å²) in [6, 6.07) is 1.79. The number of hydrazine groups is 1. The van der Waals surface area contributed by atoms with Crippen LogP contribution in [-0.4, -0.2) is 20.2 Å². The Kier molecular flexibility index (Phi) is 3.42. The van der Waals surface area contributed by atoms with Gasteiger partial charge in [0.1, 0.15) is 11.6 Å². The first-order valence-electron chi connectivity index (χ1n) is 5.68. The van der Waals surface area contributed by atoms with Crippen molar-refractivity contribution in [1.82, 2.24) is 20.2 Å². The van der Waals surface area contributed by atoms with Gasteiger partial charge in [0.25, 0.3) is 0 Å². The lowest BCUT2D eigenvalue weighted by molar-refractivity contribution is 0.436. The molecule has 0 saturated carbocycles. The minimum atomic E-state index is 0.460. The Morgan fingerprint density at radius 2 is 2.17 bits per heavy atom. The van der Waals surface area contributed by atoms with E-state index in [1.54, 1.807) is 6.07 Å². The second-order valence-corrected chi connectivity index (χ2v) is 3.91. The highest BCUT2D eigenvalue weighted by Gasteiger charge is 2.12. The van der Waals surface area contributed by atoms with Gasteiger partial charge < -0.3 is 10.2 Å². The van der Waals surface area contributed by atoms with Gasteiger partial charge in [-0.15, -0.1) is 5.10 Å². The quantitative estimate of drug-likeness (QED) is 0.559. The van der Waals surface area contributed by atoms with Crippen molar-refractivity contribution in [2.24, 2.45) is 5.84 Å². The zero-order chi connectivity index (χ0) is 13.1. The van der Waals surface area contributed by atoms with Crippen LogP contribution in [0.3, 0.4) is 0 Å². The molecule has 0 bridgehead atoms. The zero-order valence-corrected chi connectivity index (χ0v) is 10.6.